The topological polar surface area (TPSA) is 56.7 Å². The Balaban J connectivity index is 0.00000300. The zero-order chi connectivity index (χ0) is 19.8. The Kier molecular flexibility index (Phi) is 9.37. The maximum atomic E-state index is 13.3. The molecule has 1 aliphatic rings. The minimum absolute atomic E-state index is 0. The highest BCUT2D eigenvalue weighted by Gasteiger charge is 2.20. The lowest BCUT2D eigenvalue weighted by Gasteiger charge is -2.19. The Morgan fingerprint density at radius 2 is 1.93 bits per heavy atom. The number of carbonyl (C=O) groups is 1. The van der Waals surface area contributed by atoms with E-state index in [2.05, 4.69) is 27.8 Å². The molecule has 0 spiro atoms. The number of nitrogens with one attached hydrogen (secondary N) is 2. The number of hydrogen-bond donors (Lipinski definition) is 2. The summed E-state index contributed by atoms with van der Waals surface area (Å²) in [5, 5.41) is 6.58. The second-order valence-corrected chi connectivity index (χ2v) is 6.92. The molecular formula is C22H28FIN4O. The number of aliphatic imine (C=N–C) groups is 1. The minimum Gasteiger partial charge on any atom is -0.356 e. The standard InChI is InChI=1S/C22H27FN4O.HI/c1-24-22(25-12-11-17-6-4-9-20(23)14-17)26-15-18-7-2-3-8-19(18)16-27-13-5-10-21(27)28;/h2-4,6-9,14H,5,10-13,15-16H2,1H3,(H2,24,25,26);1H. The summed E-state index contributed by atoms with van der Waals surface area (Å²) in [5.41, 5.74) is 3.25. The van der Waals surface area contributed by atoms with Crippen LogP contribution < -0.4 is 10.6 Å². The molecule has 7 heteroatoms. The van der Waals surface area contributed by atoms with Crippen molar-refractivity contribution in [1.29, 1.82) is 0 Å². The van der Waals surface area contributed by atoms with Gasteiger partial charge in [-0.3, -0.25) is 9.79 Å². The monoisotopic (exact) mass is 510 g/mol. The van der Waals surface area contributed by atoms with Crippen LogP contribution in [0.15, 0.2) is 53.5 Å². The van der Waals surface area contributed by atoms with Gasteiger partial charge in [-0.2, -0.15) is 0 Å². The van der Waals surface area contributed by atoms with Gasteiger partial charge in [0.15, 0.2) is 5.96 Å². The summed E-state index contributed by atoms with van der Waals surface area (Å²) >= 11 is 0. The first-order valence-electron chi connectivity index (χ1n) is 9.69. The van der Waals surface area contributed by atoms with Crippen molar-refractivity contribution < 1.29 is 9.18 Å². The van der Waals surface area contributed by atoms with E-state index in [1.165, 1.54) is 6.07 Å². The normalized spacial score (nSPS) is 13.9. The number of carbonyl (C=O) groups excluding carboxylic acids is 1. The fourth-order valence-corrected chi connectivity index (χ4v) is 3.38. The molecule has 0 aliphatic carbocycles. The SMILES string of the molecule is CN=C(NCCc1cccc(F)c1)NCc1ccccc1CN1CCCC1=O.I. The van der Waals surface area contributed by atoms with E-state index in [0.29, 0.717) is 38.4 Å². The smallest absolute Gasteiger partial charge is 0.222 e. The Labute approximate surface area is 188 Å². The molecule has 0 saturated carbocycles. The predicted octanol–water partition coefficient (Wildman–Crippen LogP) is 3.47. The number of rotatable bonds is 7. The van der Waals surface area contributed by atoms with Crippen LogP contribution in [0.1, 0.15) is 29.5 Å². The third-order valence-electron chi connectivity index (χ3n) is 4.92. The summed E-state index contributed by atoms with van der Waals surface area (Å²) in [6.07, 6.45) is 2.32. The van der Waals surface area contributed by atoms with E-state index in [0.717, 1.165) is 29.7 Å². The number of amides is 1. The van der Waals surface area contributed by atoms with Crippen LogP contribution in [-0.4, -0.2) is 36.9 Å². The van der Waals surface area contributed by atoms with Gasteiger partial charge in [-0.1, -0.05) is 36.4 Å². The molecule has 0 bridgehead atoms. The van der Waals surface area contributed by atoms with Gasteiger partial charge in [0, 0.05) is 39.6 Å². The highest BCUT2D eigenvalue weighted by molar-refractivity contribution is 14.0. The van der Waals surface area contributed by atoms with E-state index < -0.39 is 0 Å². The molecule has 156 valence electrons. The third kappa shape index (κ3) is 6.99. The van der Waals surface area contributed by atoms with Crippen LogP contribution in [0.5, 0.6) is 0 Å². The first-order valence-corrected chi connectivity index (χ1v) is 9.69. The van der Waals surface area contributed by atoms with Gasteiger partial charge in [-0.15, -0.1) is 24.0 Å². The Bertz CT molecular complexity index is 843. The van der Waals surface area contributed by atoms with Crippen molar-refractivity contribution in [3.05, 3.63) is 71.0 Å². The summed E-state index contributed by atoms with van der Waals surface area (Å²) in [5.74, 6) is 0.717. The highest BCUT2D eigenvalue weighted by Crippen LogP contribution is 2.17. The van der Waals surface area contributed by atoms with Gasteiger partial charge >= 0.3 is 0 Å². The number of benzene rings is 2. The third-order valence-corrected chi connectivity index (χ3v) is 4.92. The van der Waals surface area contributed by atoms with Crippen LogP contribution in [-0.2, 0) is 24.3 Å². The Morgan fingerprint density at radius 1 is 1.14 bits per heavy atom. The molecule has 2 N–H and O–H groups in total. The van der Waals surface area contributed by atoms with Crippen molar-refractivity contribution in [1.82, 2.24) is 15.5 Å². The highest BCUT2D eigenvalue weighted by atomic mass is 127. The van der Waals surface area contributed by atoms with Crippen LogP contribution in [0.25, 0.3) is 0 Å². The molecule has 0 atom stereocenters. The van der Waals surface area contributed by atoms with Crippen LogP contribution >= 0.6 is 24.0 Å². The zero-order valence-electron chi connectivity index (χ0n) is 16.7. The Morgan fingerprint density at radius 3 is 2.62 bits per heavy atom. The summed E-state index contributed by atoms with van der Waals surface area (Å²) in [4.78, 5) is 18.1. The first kappa shape index (κ1) is 23.1. The van der Waals surface area contributed by atoms with Crippen molar-refractivity contribution in [2.45, 2.75) is 32.4 Å². The first-order chi connectivity index (χ1) is 13.7. The van der Waals surface area contributed by atoms with Gasteiger partial charge in [0.1, 0.15) is 5.82 Å². The molecule has 1 aliphatic heterocycles. The van der Waals surface area contributed by atoms with Gasteiger partial charge < -0.3 is 15.5 Å². The molecule has 1 fully saturated rings. The zero-order valence-corrected chi connectivity index (χ0v) is 19.0. The lowest BCUT2D eigenvalue weighted by atomic mass is 10.1. The summed E-state index contributed by atoms with van der Waals surface area (Å²) in [7, 11) is 1.73. The number of hydrogen-bond acceptors (Lipinski definition) is 2. The molecule has 1 saturated heterocycles. The van der Waals surface area contributed by atoms with E-state index in [1.807, 2.05) is 23.1 Å². The molecule has 2 aromatic carbocycles. The van der Waals surface area contributed by atoms with Gasteiger partial charge in [0.05, 0.1) is 0 Å². The Hall–Kier alpha value is -2.16. The van der Waals surface area contributed by atoms with Crippen LogP contribution in [0.2, 0.25) is 0 Å². The van der Waals surface area contributed by atoms with Gasteiger partial charge in [0.2, 0.25) is 5.91 Å². The quantitative estimate of drug-likeness (QED) is 0.341. The van der Waals surface area contributed by atoms with E-state index in [4.69, 9.17) is 0 Å². The number of guanidine groups is 1. The van der Waals surface area contributed by atoms with Gasteiger partial charge in [0.25, 0.3) is 0 Å². The maximum absolute atomic E-state index is 13.3. The van der Waals surface area contributed by atoms with Crippen molar-refractivity contribution >= 4 is 35.8 Å². The molecule has 5 nitrogen and oxygen atoms in total. The molecule has 0 unspecified atom stereocenters. The maximum Gasteiger partial charge on any atom is 0.222 e. The van der Waals surface area contributed by atoms with E-state index in [-0.39, 0.29) is 35.7 Å². The molecular weight excluding hydrogens is 482 g/mol. The molecule has 1 heterocycles. The van der Waals surface area contributed by atoms with E-state index >= 15 is 0 Å². The van der Waals surface area contributed by atoms with Crippen molar-refractivity contribution in [3.63, 3.8) is 0 Å². The second kappa shape index (κ2) is 11.7. The lowest BCUT2D eigenvalue weighted by Crippen LogP contribution is -2.38. The fourth-order valence-electron chi connectivity index (χ4n) is 3.38. The molecule has 3 rings (SSSR count). The molecule has 0 aromatic heterocycles. The van der Waals surface area contributed by atoms with Crippen molar-refractivity contribution in [3.8, 4) is 0 Å². The largest absolute Gasteiger partial charge is 0.356 e. The molecule has 29 heavy (non-hydrogen) atoms. The van der Waals surface area contributed by atoms with E-state index in [1.54, 1.807) is 19.2 Å². The van der Waals surface area contributed by atoms with Crippen LogP contribution in [0, 0.1) is 5.82 Å². The van der Waals surface area contributed by atoms with Crippen molar-refractivity contribution in [2.75, 3.05) is 20.1 Å². The van der Waals surface area contributed by atoms with Gasteiger partial charge in [-0.25, -0.2) is 4.39 Å². The molecule has 0 radical (unpaired) electrons. The average molecular weight is 510 g/mol. The summed E-state index contributed by atoms with van der Waals surface area (Å²) < 4.78 is 13.3. The predicted molar refractivity (Wildman–Crippen MR) is 125 cm³/mol. The molecule has 2 aromatic rings. The van der Waals surface area contributed by atoms with Gasteiger partial charge in [-0.05, 0) is 41.7 Å². The number of likely N-dealkylation sites (tertiary alicyclic amines) is 1. The summed E-state index contributed by atoms with van der Waals surface area (Å²) in [6, 6.07) is 14.8. The van der Waals surface area contributed by atoms with Crippen LogP contribution in [0.3, 0.4) is 0 Å². The lowest BCUT2D eigenvalue weighted by molar-refractivity contribution is -0.128. The molecule has 1 amide bonds. The van der Waals surface area contributed by atoms with Crippen molar-refractivity contribution in [2.24, 2.45) is 4.99 Å². The number of nitrogens with zero attached hydrogens (tertiary/aromatic N) is 2. The van der Waals surface area contributed by atoms with Crippen LogP contribution in [0.4, 0.5) is 4.39 Å². The number of halogens is 2. The average Bonchev–Trinajstić information content (AvgIpc) is 3.10. The second-order valence-electron chi connectivity index (χ2n) is 6.92. The summed E-state index contributed by atoms with van der Waals surface area (Å²) in [6.45, 7) is 2.77. The fraction of sp³-hybridized carbons (Fsp3) is 0.364. The van der Waals surface area contributed by atoms with E-state index in [9.17, 15) is 9.18 Å². The minimum atomic E-state index is -0.215.